The van der Waals surface area contributed by atoms with E-state index in [0.29, 0.717) is 11.4 Å². The Bertz CT molecular complexity index is 832. The van der Waals surface area contributed by atoms with Gasteiger partial charge in [-0.3, -0.25) is 19.5 Å². The average molecular weight is 351 g/mol. The summed E-state index contributed by atoms with van der Waals surface area (Å²) in [4.78, 5) is 30.6. The molecule has 1 aliphatic heterocycles. The van der Waals surface area contributed by atoms with E-state index in [1.165, 1.54) is 11.1 Å². The van der Waals surface area contributed by atoms with Gasteiger partial charge in [-0.25, -0.2) is 0 Å². The van der Waals surface area contributed by atoms with E-state index in [9.17, 15) is 9.59 Å². The van der Waals surface area contributed by atoms with Crippen molar-refractivity contribution in [1.29, 1.82) is 0 Å². The molecule has 1 atom stereocenters. The summed E-state index contributed by atoms with van der Waals surface area (Å²) < 4.78 is 0. The van der Waals surface area contributed by atoms with Crippen molar-refractivity contribution >= 4 is 46.7 Å². The van der Waals surface area contributed by atoms with Crippen LogP contribution in [0.5, 0.6) is 0 Å². The van der Waals surface area contributed by atoms with Crippen molar-refractivity contribution in [2.75, 3.05) is 4.90 Å². The lowest BCUT2D eigenvalue weighted by atomic mass is 10.1. The number of thiocarbonyl (C=S) groups is 1. The zero-order chi connectivity index (χ0) is 17.8. The summed E-state index contributed by atoms with van der Waals surface area (Å²) in [7, 11) is 0. The highest BCUT2D eigenvalue weighted by Crippen LogP contribution is 2.21. The predicted molar refractivity (Wildman–Crippen MR) is 102 cm³/mol. The highest BCUT2D eigenvalue weighted by atomic mass is 32.1. The highest BCUT2D eigenvalue weighted by molar-refractivity contribution is 7.80. The normalized spacial score (nSPS) is 17.9. The molecule has 1 N–H and O–H groups in total. The summed E-state index contributed by atoms with van der Waals surface area (Å²) >= 11 is 5.18. The Hall–Kier alpha value is -2.86. The van der Waals surface area contributed by atoms with Crippen LogP contribution in [-0.4, -0.2) is 23.1 Å². The van der Waals surface area contributed by atoms with Crippen LogP contribution >= 0.6 is 12.2 Å². The van der Waals surface area contributed by atoms with Crippen molar-refractivity contribution in [1.82, 2.24) is 5.32 Å². The molecule has 1 saturated heterocycles. The van der Waals surface area contributed by atoms with E-state index in [2.05, 4.69) is 17.2 Å². The van der Waals surface area contributed by atoms with Gasteiger partial charge in [-0.15, -0.1) is 0 Å². The minimum atomic E-state index is -1.02. The maximum atomic E-state index is 12.8. The lowest BCUT2D eigenvalue weighted by Gasteiger charge is -2.31. The van der Waals surface area contributed by atoms with E-state index in [-0.39, 0.29) is 5.11 Å². The number of rotatable bonds is 4. The van der Waals surface area contributed by atoms with Gasteiger partial charge < -0.3 is 5.32 Å². The number of carbonyl (C=O) groups is 2. The number of para-hydroxylation sites is 1. The van der Waals surface area contributed by atoms with Crippen LogP contribution in [-0.2, 0) is 16.0 Å². The van der Waals surface area contributed by atoms with Crippen molar-refractivity contribution in [3.63, 3.8) is 0 Å². The molecule has 0 aliphatic carbocycles. The minimum Gasteiger partial charge on any atom is -0.301 e. The topological polar surface area (TPSA) is 61.8 Å². The summed E-state index contributed by atoms with van der Waals surface area (Å²) in [5, 5.41) is 2.67. The number of aryl methyl sites for hydroxylation is 1. The quantitative estimate of drug-likeness (QED) is 0.523. The summed E-state index contributed by atoms with van der Waals surface area (Å²) in [5.74, 6) is -1.88. The molecule has 1 fully saturated rings. The van der Waals surface area contributed by atoms with Gasteiger partial charge in [0.1, 0.15) is 0 Å². The third-order valence-electron chi connectivity index (χ3n) is 3.93. The predicted octanol–water partition coefficient (Wildman–Crippen LogP) is 3.02. The van der Waals surface area contributed by atoms with Gasteiger partial charge in [0.2, 0.25) is 5.91 Å². The van der Waals surface area contributed by atoms with Crippen molar-refractivity contribution in [3.05, 3.63) is 60.2 Å². The SMILES string of the molecule is CCc1ccc(N2C(=O)[C@@H](C=Nc3ccccc3)C(=O)NC2=S)cc1. The Morgan fingerprint density at radius 3 is 2.44 bits per heavy atom. The van der Waals surface area contributed by atoms with Crippen LogP contribution in [0, 0.1) is 5.92 Å². The maximum Gasteiger partial charge on any atom is 0.251 e. The summed E-state index contributed by atoms with van der Waals surface area (Å²) in [6.07, 6.45) is 2.27. The van der Waals surface area contributed by atoms with Crippen LogP contribution in [0.1, 0.15) is 12.5 Å². The fourth-order valence-corrected chi connectivity index (χ4v) is 2.82. The second kappa shape index (κ2) is 7.36. The first kappa shape index (κ1) is 17.0. The van der Waals surface area contributed by atoms with E-state index in [1.54, 1.807) is 12.1 Å². The molecule has 6 heteroatoms. The molecular weight excluding hydrogens is 334 g/mol. The molecule has 126 valence electrons. The van der Waals surface area contributed by atoms with E-state index in [4.69, 9.17) is 12.2 Å². The maximum absolute atomic E-state index is 12.8. The van der Waals surface area contributed by atoms with E-state index in [0.717, 1.165) is 12.0 Å². The third-order valence-corrected chi connectivity index (χ3v) is 4.22. The number of amides is 2. The van der Waals surface area contributed by atoms with Crippen LogP contribution in [0.4, 0.5) is 11.4 Å². The number of aliphatic imine (C=N–C) groups is 1. The zero-order valence-corrected chi connectivity index (χ0v) is 14.5. The standard InChI is InChI=1S/C19H17N3O2S/c1-2-13-8-10-15(11-9-13)22-18(24)16(17(23)21-19(22)25)12-20-14-6-4-3-5-7-14/h3-12,16H,2H2,1H3,(H,21,23,25)/t16-/m0/s1. The molecule has 0 unspecified atom stereocenters. The Morgan fingerprint density at radius 1 is 1.12 bits per heavy atom. The van der Waals surface area contributed by atoms with E-state index < -0.39 is 17.7 Å². The summed E-state index contributed by atoms with van der Waals surface area (Å²) in [6.45, 7) is 2.06. The molecule has 3 rings (SSSR count). The molecule has 1 aliphatic rings. The Kier molecular flexibility index (Phi) is 5.00. The molecule has 0 radical (unpaired) electrons. The lowest BCUT2D eigenvalue weighted by Crippen LogP contribution is -2.58. The second-order valence-corrected chi connectivity index (χ2v) is 5.97. The molecule has 0 aromatic heterocycles. The second-order valence-electron chi connectivity index (χ2n) is 5.58. The Labute approximate surface area is 151 Å². The largest absolute Gasteiger partial charge is 0.301 e. The first-order valence-electron chi connectivity index (χ1n) is 7.97. The van der Waals surface area contributed by atoms with Gasteiger partial charge in [0, 0.05) is 6.21 Å². The van der Waals surface area contributed by atoms with Gasteiger partial charge in [-0.2, -0.15) is 0 Å². The monoisotopic (exact) mass is 351 g/mol. The fourth-order valence-electron chi connectivity index (χ4n) is 2.52. The van der Waals surface area contributed by atoms with E-state index in [1.807, 2.05) is 42.5 Å². The van der Waals surface area contributed by atoms with Gasteiger partial charge in [0.25, 0.3) is 5.91 Å². The Balaban J connectivity index is 1.87. The van der Waals surface area contributed by atoms with Crippen LogP contribution in [0.25, 0.3) is 0 Å². The fraction of sp³-hybridized carbons (Fsp3) is 0.158. The highest BCUT2D eigenvalue weighted by Gasteiger charge is 2.38. The summed E-state index contributed by atoms with van der Waals surface area (Å²) in [6, 6.07) is 16.7. The van der Waals surface area contributed by atoms with Crippen LogP contribution < -0.4 is 10.2 Å². The van der Waals surface area contributed by atoms with E-state index >= 15 is 0 Å². The van der Waals surface area contributed by atoms with Crippen molar-refractivity contribution in [2.24, 2.45) is 10.9 Å². The summed E-state index contributed by atoms with van der Waals surface area (Å²) in [5.41, 5.74) is 2.46. The smallest absolute Gasteiger partial charge is 0.251 e. The molecule has 2 aromatic rings. The van der Waals surface area contributed by atoms with Gasteiger partial charge in [-0.1, -0.05) is 37.3 Å². The molecule has 2 amide bonds. The van der Waals surface area contributed by atoms with Crippen LogP contribution in [0.15, 0.2) is 59.6 Å². The van der Waals surface area contributed by atoms with Crippen LogP contribution in [0.3, 0.4) is 0 Å². The molecule has 0 spiro atoms. The van der Waals surface area contributed by atoms with Crippen molar-refractivity contribution < 1.29 is 9.59 Å². The number of nitrogens with one attached hydrogen (secondary N) is 1. The Morgan fingerprint density at radius 2 is 1.80 bits per heavy atom. The molecule has 0 bridgehead atoms. The number of benzene rings is 2. The molecule has 2 aromatic carbocycles. The van der Waals surface area contributed by atoms with Gasteiger partial charge in [0.15, 0.2) is 11.0 Å². The zero-order valence-electron chi connectivity index (χ0n) is 13.7. The van der Waals surface area contributed by atoms with Crippen molar-refractivity contribution in [3.8, 4) is 0 Å². The molecular formula is C19H17N3O2S. The molecule has 0 saturated carbocycles. The minimum absolute atomic E-state index is 0.0867. The number of hydrogen-bond donors (Lipinski definition) is 1. The number of hydrogen-bond acceptors (Lipinski definition) is 4. The first-order chi connectivity index (χ1) is 12.1. The van der Waals surface area contributed by atoms with Gasteiger partial charge >= 0.3 is 0 Å². The lowest BCUT2D eigenvalue weighted by molar-refractivity contribution is -0.130. The number of anilines is 1. The molecule has 1 heterocycles. The van der Waals surface area contributed by atoms with Crippen molar-refractivity contribution in [2.45, 2.75) is 13.3 Å². The van der Waals surface area contributed by atoms with Gasteiger partial charge in [-0.05, 0) is 48.5 Å². The van der Waals surface area contributed by atoms with Gasteiger partial charge in [0.05, 0.1) is 11.4 Å². The first-order valence-corrected chi connectivity index (χ1v) is 8.38. The van der Waals surface area contributed by atoms with Crippen LogP contribution in [0.2, 0.25) is 0 Å². The molecule has 25 heavy (non-hydrogen) atoms. The molecule has 5 nitrogen and oxygen atoms in total. The third kappa shape index (κ3) is 3.64. The number of nitrogens with zero attached hydrogens (tertiary/aromatic N) is 2. The number of carbonyl (C=O) groups excluding carboxylic acids is 2. The average Bonchev–Trinajstić information content (AvgIpc) is 2.62.